The van der Waals surface area contributed by atoms with Gasteiger partial charge in [-0.2, -0.15) is 4.98 Å². The van der Waals surface area contributed by atoms with Gasteiger partial charge in [-0.3, -0.25) is 10.1 Å². The summed E-state index contributed by atoms with van der Waals surface area (Å²) >= 11 is 5.71. The third kappa shape index (κ3) is 3.32. The Kier molecular flexibility index (Phi) is 4.19. The van der Waals surface area contributed by atoms with E-state index in [9.17, 15) is 10.1 Å². The van der Waals surface area contributed by atoms with Crippen LogP contribution in [-0.4, -0.2) is 20.9 Å². The van der Waals surface area contributed by atoms with E-state index in [1.165, 1.54) is 0 Å². The van der Waals surface area contributed by atoms with Gasteiger partial charge < -0.3 is 5.32 Å². The number of aromatic nitrogens is 2. The van der Waals surface area contributed by atoms with Gasteiger partial charge in [0.25, 0.3) is 0 Å². The minimum atomic E-state index is -0.493. The summed E-state index contributed by atoms with van der Waals surface area (Å²) in [7, 11) is 0. The zero-order valence-corrected chi connectivity index (χ0v) is 11.7. The number of hydrogen-bond donors (Lipinski definition) is 1. The number of nitrogens with zero attached hydrogens (tertiary/aromatic N) is 3. The molecule has 1 saturated carbocycles. The minimum Gasteiger partial charge on any atom is -0.361 e. The van der Waals surface area contributed by atoms with Crippen LogP contribution in [0.1, 0.15) is 33.1 Å². The molecular formula is C12H17ClN4O2. The first-order valence-corrected chi connectivity index (χ1v) is 6.78. The number of nitro groups is 1. The second-order valence-electron chi connectivity index (χ2n) is 5.24. The second kappa shape index (κ2) is 5.69. The molecule has 0 aromatic carbocycles. The van der Waals surface area contributed by atoms with Gasteiger partial charge in [-0.1, -0.05) is 13.8 Å². The maximum atomic E-state index is 10.9. The first-order chi connectivity index (χ1) is 8.97. The third-order valence-electron chi connectivity index (χ3n) is 3.88. The molecule has 1 aliphatic carbocycles. The maximum Gasteiger partial charge on any atom is 0.329 e. The minimum absolute atomic E-state index is 0.0188. The van der Waals surface area contributed by atoms with E-state index in [1.807, 2.05) is 0 Å². The molecule has 1 fully saturated rings. The van der Waals surface area contributed by atoms with Gasteiger partial charge in [-0.25, -0.2) is 4.98 Å². The smallest absolute Gasteiger partial charge is 0.329 e. The van der Waals surface area contributed by atoms with Crippen LogP contribution < -0.4 is 5.32 Å². The number of nitrogens with one attached hydrogen (secondary N) is 1. The fourth-order valence-corrected chi connectivity index (χ4v) is 2.60. The van der Waals surface area contributed by atoms with Crippen molar-refractivity contribution in [2.45, 2.75) is 39.2 Å². The highest BCUT2D eigenvalue weighted by molar-refractivity contribution is 6.28. The second-order valence-corrected chi connectivity index (χ2v) is 5.58. The summed E-state index contributed by atoms with van der Waals surface area (Å²) in [6, 6.07) is 0.205. The van der Waals surface area contributed by atoms with Crippen molar-refractivity contribution in [2.75, 3.05) is 5.32 Å². The van der Waals surface area contributed by atoms with Crippen LogP contribution in [0.5, 0.6) is 0 Å². The van der Waals surface area contributed by atoms with Crippen molar-refractivity contribution in [1.82, 2.24) is 9.97 Å². The molecule has 0 amide bonds. The Hall–Kier alpha value is -1.43. The lowest BCUT2D eigenvalue weighted by Crippen LogP contribution is -2.30. The molecule has 1 N–H and O–H groups in total. The van der Waals surface area contributed by atoms with E-state index in [0.717, 1.165) is 25.5 Å². The first kappa shape index (κ1) is 14.0. The zero-order valence-electron chi connectivity index (χ0n) is 11.0. The number of anilines is 1. The van der Waals surface area contributed by atoms with Crippen LogP contribution in [0, 0.1) is 22.0 Å². The molecule has 0 bridgehead atoms. The molecular weight excluding hydrogens is 268 g/mol. The Bertz CT molecular complexity index is 483. The highest BCUT2D eigenvalue weighted by atomic mass is 35.5. The summed E-state index contributed by atoms with van der Waals surface area (Å²) in [6.07, 6.45) is 4.24. The van der Waals surface area contributed by atoms with E-state index in [1.54, 1.807) is 0 Å². The van der Waals surface area contributed by atoms with Crippen LogP contribution in [0.25, 0.3) is 0 Å². The van der Waals surface area contributed by atoms with Crippen LogP contribution in [0.15, 0.2) is 6.20 Å². The molecule has 0 spiro atoms. The van der Waals surface area contributed by atoms with Crippen LogP contribution in [0.4, 0.5) is 11.5 Å². The van der Waals surface area contributed by atoms with Gasteiger partial charge in [0.15, 0.2) is 0 Å². The Morgan fingerprint density at radius 1 is 1.42 bits per heavy atom. The van der Waals surface area contributed by atoms with Gasteiger partial charge in [0.1, 0.15) is 6.20 Å². The summed E-state index contributed by atoms with van der Waals surface area (Å²) in [4.78, 5) is 18.0. The number of halogens is 1. The molecule has 19 heavy (non-hydrogen) atoms. The van der Waals surface area contributed by atoms with Gasteiger partial charge >= 0.3 is 5.69 Å². The summed E-state index contributed by atoms with van der Waals surface area (Å²) in [6.45, 7) is 4.45. The standard InChI is InChI=1S/C12H17ClN4O2/c1-7-3-4-9(5-8(7)2)15-11-10(17(18)19)6-14-12(13)16-11/h6-9H,3-5H2,1-2H3,(H,14,15,16). The molecule has 3 atom stereocenters. The average molecular weight is 285 g/mol. The van der Waals surface area contributed by atoms with Crippen molar-refractivity contribution >= 4 is 23.1 Å². The van der Waals surface area contributed by atoms with E-state index in [0.29, 0.717) is 11.8 Å². The van der Waals surface area contributed by atoms with E-state index in [2.05, 4.69) is 29.1 Å². The van der Waals surface area contributed by atoms with E-state index in [4.69, 9.17) is 11.6 Å². The normalized spacial score (nSPS) is 27.0. The van der Waals surface area contributed by atoms with Crippen molar-refractivity contribution in [2.24, 2.45) is 11.8 Å². The molecule has 6 nitrogen and oxygen atoms in total. The van der Waals surface area contributed by atoms with Gasteiger partial charge in [0.05, 0.1) is 4.92 Å². The van der Waals surface area contributed by atoms with E-state index < -0.39 is 4.92 Å². The van der Waals surface area contributed by atoms with Crippen molar-refractivity contribution in [3.05, 3.63) is 21.6 Å². The van der Waals surface area contributed by atoms with Crippen LogP contribution in [0.3, 0.4) is 0 Å². The lowest BCUT2D eigenvalue weighted by Gasteiger charge is -2.32. The van der Waals surface area contributed by atoms with Crippen molar-refractivity contribution < 1.29 is 4.92 Å². The maximum absolute atomic E-state index is 10.9. The molecule has 0 saturated heterocycles. The lowest BCUT2D eigenvalue weighted by atomic mass is 9.79. The Labute approximate surface area is 116 Å². The number of rotatable bonds is 3. The van der Waals surface area contributed by atoms with Crippen LogP contribution >= 0.6 is 11.6 Å². The molecule has 1 heterocycles. The molecule has 1 aromatic rings. The average Bonchev–Trinajstić information content (AvgIpc) is 2.33. The fraction of sp³-hybridized carbons (Fsp3) is 0.667. The Balaban J connectivity index is 2.14. The SMILES string of the molecule is CC1CCC(Nc2nc(Cl)ncc2[N+](=O)[O-])CC1C. The molecule has 0 radical (unpaired) electrons. The quantitative estimate of drug-likeness (QED) is 0.523. The van der Waals surface area contributed by atoms with Crippen molar-refractivity contribution in [1.29, 1.82) is 0 Å². The van der Waals surface area contributed by atoms with E-state index in [-0.39, 0.29) is 22.8 Å². The van der Waals surface area contributed by atoms with Crippen LogP contribution in [0.2, 0.25) is 5.28 Å². The Morgan fingerprint density at radius 2 is 2.16 bits per heavy atom. The predicted octanol–water partition coefficient (Wildman–Crippen LogP) is 3.27. The van der Waals surface area contributed by atoms with Crippen molar-refractivity contribution in [3.63, 3.8) is 0 Å². The summed E-state index contributed by atoms with van der Waals surface area (Å²) in [5, 5.41) is 14.1. The molecule has 1 aliphatic rings. The van der Waals surface area contributed by atoms with Gasteiger partial charge in [-0.05, 0) is 42.7 Å². The van der Waals surface area contributed by atoms with Gasteiger partial charge in [0, 0.05) is 6.04 Å². The highest BCUT2D eigenvalue weighted by Crippen LogP contribution is 2.32. The molecule has 2 rings (SSSR count). The molecule has 104 valence electrons. The van der Waals surface area contributed by atoms with E-state index >= 15 is 0 Å². The number of hydrogen-bond acceptors (Lipinski definition) is 5. The molecule has 0 aliphatic heterocycles. The summed E-state index contributed by atoms with van der Waals surface area (Å²) < 4.78 is 0. The summed E-state index contributed by atoms with van der Waals surface area (Å²) in [5.41, 5.74) is -0.129. The predicted molar refractivity (Wildman–Crippen MR) is 73.3 cm³/mol. The summed E-state index contributed by atoms with van der Waals surface area (Å²) in [5.74, 6) is 1.52. The van der Waals surface area contributed by atoms with Gasteiger partial charge in [0.2, 0.25) is 11.1 Å². The highest BCUT2D eigenvalue weighted by Gasteiger charge is 2.27. The monoisotopic (exact) mass is 284 g/mol. The lowest BCUT2D eigenvalue weighted by molar-refractivity contribution is -0.384. The zero-order chi connectivity index (χ0) is 14.0. The molecule has 7 heteroatoms. The largest absolute Gasteiger partial charge is 0.361 e. The van der Waals surface area contributed by atoms with Gasteiger partial charge in [-0.15, -0.1) is 0 Å². The topological polar surface area (TPSA) is 81.0 Å². The van der Waals surface area contributed by atoms with Crippen molar-refractivity contribution in [3.8, 4) is 0 Å². The third-order valence-corrected chi connectivity index (χ3v) is 4.06. The Morgan fingerprint density at radius 3 is 2.79 bits per heavy atom. The molecule has 3 unspecified atom stereocenters. The van der Waals surface area contributed by atoms with Crippen LogP contribution in [-0.2, 0) is 0 Å². The molecule has 1 aromatic heterocycles. The first-order valence-electron chi connectivity index (χ1n) is 6.41. The fourth-order valence-electron chi connectivity index (χ4n) is 2.47.